The van der Waals surface area contributed by atoms with Crippen LogP contribution in [-0.2, 0) is 0 Å². The summed E-state index contributed by atoms with van der Waals surface area (Å²) in [5.41, 5.74) is 4.31. The average Bonchev–Trinajstić information content (AvgIpc) is 3.45. The third-order valence-electron chi connectivity index (χ3n) is 5.57. The fraction of sp³-hybridized carbons (Fsp3) is 0.364. The van der Waals surface area contributed by atoms with Crippen LogP contribution >= 0.6 is 11.3 Å². The number of benzene rings is 1. The Labute approximate surface area is 184 Å². The second-order valence-corrected chi connectivity index (χ2v) is 8.37. The lowest BCUT2D eigenvalue weighted by atomic mass is 9.97. The maximum Gasteiger partial charge on any atom is 0.269 e. The molecule has 162 valence electrons. The summed E-state index contributed by atoms with van der Waals surface area (Å²) in [7, 11) is 3.21. The topological polar surface area (TPSA) is 100 Å². The normalized spacial score (nSPS) is 16.2. The van der Waals surface area contributed by atoms with Crippen LogP contribution in [0.2, 0.25) is 0 Å². The zero-order valence-corrected chi connectivity index (χ0v) is 18.6. The first-order valence-corrected chi connectivity index (χ1v) is 11.1. The monoisotopic (exact) mass is 439 g/mol. The Morgan fingerprint density at radius 2 is 2.06 bits per heavy atom. The number of methoxy groups -OCH3 is 1. The summed E-state index contributed by atoms with van der Waals surface area (Å²) in [5.74, 6) is 1.27. The lowest BCUT2D eigenvalue weighted by molar-refractivity contribution is 0.0708. The first-order valence-electron chi connectivity index (χ1n) is 10.2. The van der Waals surface area contributed by atoms with Crippen LogP contribution in [0.5, 0.6) is 5.75 Å². The number of carbonyl (C=O) groups excluding carboxylic acids is 2. The van der Waals surface area contributed by atoms with Gasteiger partial charge in [-0.3, -0.25) is 9.59 Å². The molecule has 0 aliphatic carbocycles. The highest BCUT2D eigenvalue weighted by Gasteiger charge is 2.30. The van der Waals surface area contributed by atoms with Crippen LogP contribution in [0.25, 0.3) is 11.3 Å². The van der Waals surface area contributed by atoms with Gasteiger partial charge < -0.3 is 19.9 Å². The lowest BCUT2D eigenvalue weighted by Crippen LogP contribution is -2.39. The standard InChI is InChI=1S/C22H25N5O3S/c1-13-19(31-12-24-13)22(29)27-10-4-5-15(11-27)20-25-17(18(26-20)21(28)23-2)14-6-8-16(30-3)9-7-14/h6-9,12,15H,4-5,10-11H2,1-3H3,(H,23,28)(H,25,26)/t15-/m1/s1. The minimum absolute atomic E-state index is 0.0122. The van der Waals surface area contributed by atoms with Crippen molar-refractivity contribution in [2.24, 2.45) is 0 Å². The number of carbonyl (C=O) groups is 2. The van der Waals surface area contributed by atoms with Gasteiger partial charge >= 0.3 is 0 Å². The maximum atomic E-state index is 13.0. The van der Waals surface area contributed by atoms with Gasteiger partial charge in [-0.1, -0.05) is 0 Å². The zero-order chi connectivity index (χ0) is 22.0. The van der Waals surface area contributed by atoms with Gasteiger partial charge in [-0.15, -0.1) is 11.3 Å². The molecule has 2 aromatic heterocycles. The van der Waals surface area contributed by atoms with Gasteiger partial charge in [0.15, 0.2) is 0 Å². The molecule has 1 atom stereocenters. The number of aromatic amines is 1. The van der Waals surface area contributed by atoms with Crippen molar-refractivity contribution in [1.29, 1.82) is 0 Å². The Balaban J connectivity index is 1.62. The summed E-state index contributed by atoms with van der Waals surface area (Å²) in [6.07, 6.45) is 1.77. The second-order valence-electron chi connectivity index (χ2n) is 7.51. The molecule has 1 fully saturated rings. The Kier molecular flexibility index (Phi) is 6.03. The lowest BCUT2D eigenvalue weighted by Gasteiger charge is -2.31. The Hall–Kier alpha value is -3.20. The van der Waals surface area contributed by atoms with Crippen LogP contribution in [0.1, 0.15) is 50.4 Å². The van der Waals surface area contributed by atoms with Crippen molar-refractivity contribution in [3.8, 4) is 17.0 Å². The molecule has 0 unspecified atom stereocenters. The number of likely N-dealkylation sites (tertiary alicyclic amines) is 1. The number of aromatic nitrogens is 3. The fourth-order valence-corrected chi connectivity index (χ4v) is 4.64. The number of thiazole rings is 1. The van der Waals surface area contributed by atoms with Crippen molar-refractivity contribution in [2.45, 2.75) is 25.7 Å². The number of hydrogen-bond donors (Lipinski definition) is 2. The summed E-state index contributed by atoms with van der Waals surface area (Å²) in [6.45, 7) is 3.12. The SMILES string of the molecule is CNC(=O)c1[nH]c([C@@H]2CCCN(C(=O)c3scnc3C)C2)nc1-c1ccc(OC)cc1. The summed E-state index contributed by atoms with van der Waals surface area (Å²) in [5, 5.41) is 2.68. The Morgan fingerprint density at radius 1 is 1.29 bits per heavy atom. The van der Waals surface area contributed by atoms with E-state index in [1.807, 2.05) is 36.1 Å². The molecule has 0 bridgehead atoms. The molecular weight excluding hydrogens is 414 g/mol. The molecule has 0 saturated carbocycles. The second kappa shape index (κ2) is 8.89. The Morgan fingerprint density at radius 3 is 2.71 bits per heavy atom. The van der Waals surface area contributed by atoms with E-state index in [4.69, 9.17) is 9.72 Å². The number of nitrogens with zero attached hydrogens (tertiary/aromatic N) is 3. The summed E-state index contributed by atoms with van der Waals surface area (Å²) in [4.78, 5) is 40.3. The molecule has 1 aliphatic rings. The molecule has 0 radical (unpaired) electrons. The summed E-state index contributed by atoms with van der Waals surface area (Å²) >= 11 is 1.37. The largest absolute Gasteiger partial charge is 0.497 e. The number of H-pyrrole nitrogens is 1. The van der Waals surface area contributed by atoms with E-state index in [9.17, 15) is 9.59 Å². The van der Waals surface area contributed by atoms with Crippen LogP contribution in [0.3, 0.4) is 0 Å². The highest BCUT2D eigenvalue weighted by atomic mass is 32.1. The average molecular weight is 440 g/mol. The highest BCUT2D eigenvalue weighted by Crippen LogP contribution is 2.31. The molecule has 3 heterocycles. The van der Waals surface area contributed by atoms with Crippen molar-refractivity contribution in [3.63, 3.8) is 0 Å². The van der Waals surface area contributed by atoms with E-state index in [1.165, 1.54) is 11.3 Å². The predicted molar refractivity (Wildman–Crippen MR) is 119 cm³/mol. The molecule has 3 aromatic rings. The molecule has 1 saturated heterocycles. The van der Waals surface area contributed by atoms with Crippen molar-refractivity contribution in [2.75, 3.05) is 27.2 Å². The molecule has 31 heavy (non-hydrogen) atoms. The van der Waals surface area contributed by atoms with Crippen LogP contribution < -0.4 is 10.1 Å². The molecule has 2 N–H and O–H groups in total. The number of ether oxygens (including phenoxy) is 1. The number of amides is 2. The van der Waals surface area contributed by atoms with Gasteiger partial charge in [-0.2, -0.15) is 0 Å². The van der Waals surface area contributed by atoms with Crippen molar-refractivity contribution >= 4 is 23.2 Å². The molecular formula is C22H25N5O3S. The van der Waals surface area contributed by atoms with Crippen molar-refractivity contribution in [3.05, 3.63) is 51.9 Å². The van der Waals surface area contributed by atoms with Gasteiger partial charge in [0.05, 0.1) is 18.3 Å². The minimum atomic E-state index is -0.228. The zero-order valence-electron chi connectivity index (χ0n) is 17.8. The van der Waals surface area contributed by atoms with E-state index in [1.54, 1.807) is 19.7 Å². The van der Waals surface area contributed by atoms with Gasteiger partial charge in [-0.25, -0.2) is 9.97 Å². The third-order valence-corrected chi connectivity index (χ3v) is 6.49. The molecule has 2 amide bonds. The first kappa shape index (κ1) is 21.0. The number of piperidine rings is 1. The fourth-order valence-electron chi connectivity index (χ4n) is 3.87. The van der Waals surface area contributed by atoms with Crippen molar-refractivity contribution < 1.29 is 14.3 Å². The number of aryl methyl sites for hydroxylation is 1. The van der Waals surface area contributed by atoms with Crippen LogP contribution in [0.15, 0.2) is 29.8 Å². The van der Waals surface area contributed by atoms with Crippen LogP contribution in [0, 0.1) is 6.92 Å². The van der Waals surface area contributed by atoms with Gasteiger partial charge in [0.2, 0.25) is 0 Å². The molecule has 4 rings (SSSR count). The molecule has 0 spiro atoms. The van der Waals surface area contributed by atoms with Crippen LogP contribution in [-0.4, -0.2) is 58.9 Å². The smallest absolute Gasteiger partial charge is 0.269 e. The number of nitrogens with one attached hydrogen (secondary N) is 2. The van der Waals surface area contributed by atoms with E-state index in [-0.39, 0.29) is 17.7 Å². The number of rotatable bonds is 5. The quantitative estimate of drug-likeness (QED) is 0.636. The third kappa shape index (κ3) is 4.18. The van der Waals surface area contributed by atoms with E-state index in [0.717, 1.165) is 35.7 Å². The molecule has 9 heteroatoms. The van der Waals surface area contributed by atoms with Crippen LogP contribution in [0.4, 0.5) is 0 Å². The highest BCUT2D eigenvalue weighted by molar-refractivity contribution is 7.11. The minimum Gasteiger partial charge on any atom is -0.497 e. The molecule has 1 aliphatic heterocycles. The van der Waals surface area contributed by atoms with Gasteiger partial charge in [0.1, 0.15) is 27.8 Å². The van der Waals surface area contributed by atoms with E-state index in [2.05, 4.69) is 15.3 Å². The Bertz CT molecular complexity index is 1090. The van der Waals surface area contributed by atoms with E-state index >= 15 is 0 Å². The molecule has 8 nitrogen and oxygen atoms in total. The van der Waals surface area contributed by atoms with Crippen molar-refractivity contribution in [1.82, 2.24) is 25.2 Å². The summed E-state index contributed by atoms with van der Waals surface area (Å²) < 4.78 is 5.23. The van der Waals surface area contributed by atoms with Gasteiger partial charge in [0.25, 0.3) is 11.8 Å². The van der Waals surface area contributed by atoms with Gasteiger partial charge in [0, 0.05) is 31.6 Å². The molecule has 1 aromatic carbocycles. The summed E-state index contributed by atoms with van der Waals surface area (Å²) in [6, 6.07) is 7.45. The first-order chi connectivity index (χ1) is 15.0. The van der Waals surface area contributed by atoms with E-state index in [0.29, 0.717) is 29.4 Å². The van der Waals surface area contributed by atoms with Gasteiger partial charge in [-0.05, 0) is 44.0 Å². The predicted octanol–water partition coefficient (Wildman–Crippen LogP) is 3.23. The maximum absolute atomic E-state index is 13.0. The number of imidazole rings is 1. The number of hydrogen-bond acceptors (Lipinski definition) is 6. The van der Waals surface area contributed by atoms with E-state index < -0.39 is 0 Å².